The highest BCUT2D eigenvalue weighted by Gasteiger charge is 2.17. The molecule has 0 aliphatic carbocycles. The lowest BCUT2D eigenvalue weighted by molar-refractivity contribution is -0.159. The first kappa shape index (κ1) is 21.4. The van der Waals surface area contributed by atoms with Crippen LogP contribution in [-0.2, 0) is 22.7 Å². The molecule has 7 heteroatoms. The second-order valence-corrected chi connectivity index (χ2v) is 7.16. The number of carboxylic acid groups (broad SMARTS) is 2. The Balaban J connectivity index is 0.000000377. The molecule has 1 fully saturated rings. The average molecular weight is 407 g/mol. The van der Waals surface area contributed by atoms with Crippen LogP contribution in [-0.4, -0.2) is 63.1 Å². The lowest BCUT2D eigenvalue weighted by Gasteiger charge is -2.35. The molecule has 4 rings (SSSR count). The maximum Gasteiger partial charge on any atom is 0.414 e. The number of hydrogen-bond donors (Lipinski definition) is 2. The molecule has 2 aromatic carbocycles. The van der Waals surface area contributed by atoms with Crippen LogP contribution in [0.15, 0.2) is 67.0 Å². The summed E-state index contributed by atoms with van der Waals surface area (Å²) in [6.07, 6.45) is 3.76. The minimum absolute atomic E-state index is 1.03. The van der Waals surface area contributed by atoms with E-state index in [0.717, 1.165) is 39.3 Å². The van der Waals surface area contributed by atoms with E-state index in [4.69, 9.17) is 19.8 Å². The van der Waals surface area contributed by atoms with Gasteiger partial charge < -0.3 is 10.2 Å². The van der Waals surface area contributed by atoms with Gasteiger partial charge in [0, 0.05) is 51.7 Å². The molecule has 0 unspecified atom stereocenters. The van der Waals surface area contributed by atoms with E-state index in [1.807, 2.05) is 12.4 Å². The Hall–Kier alpha value is -3.29. The van der Waals surface area contributed by atoms with Gasteiger partial charge in [0.15, 0.2) is 0 Å². The molecule has 0 bridgehead atoms. The van der Waals surface area contributed by atoms with Gasteiger partial charge in [0.25, 0.3) is 0 Å². The van der Waals surface area contributed by atoms with Gasteiger partial charge in [-0.2, -0.15) is 0 Å². The summed E-state index contributed by atoms with van der Waals surface area (Å²) in [6, 6.07) is 19.6. The van der Waals surface area contributed by atoms with Crippen LogP contribution in [0.5, 0.6) is 0 Å². The predicted molar refractivity (Wildman–Crippen MR) is 114 cm³/mol. The van der Waals surface area contributed by atoms with Crippen molar-refractivity contribution < 1.29 is 19.8 Å². The largest absolute Gasteiger partial charge is 0.473 e. The Kier molecular flexibility index (Phi) is 7.48. The van der Waals surface area contributed by atoms with E-state index in [2.05, 4.69) is 69.4 Å². The normalized spacial score (nSPS) is 14.7. The van der Waals surface area contributed by atoms with Crippen molar-refractivity contribution >= 4 is 22.7 Å². The third-order valence-corrected chi connectivity index (χ3v) is 5.08. The summed E-state index contributed by atoms with van der Waals surface area (Å²) >= 11 is 0. The van der Waals surface area contributed by atoms with Crippen molar-refractivity contribution in [2.75, 3.05) is 26.2 Å². The molecule has 0 radical (unpaired) electrons. The molecule has 156 valence electrons. The standard InChI is InChI=1S/C21H23N3.C2H2O4/c1-2-7-21-19(4-1)5-3-6-20(21)17-24-14-12-23(13-15-24)16-18-8-10-22-11-9-18;3-1(4)2(5)6/h1-11H,12-17H2;(H,3,4)(H,5,6). The van der Waals surface area contributed by atoms with Crippen LogP contribution >= 0.6 is 0 Å². The van der Waals surface area contributed by atoms with Crippen molar-refractivity contribution in [3.63, 3.8) is 0 Å². The first-order valence-corrected chi connectivity index (χ1v) is 9.79. The molecule has 0 spiro atoms. The lowest BCUT2D eigenvalue weighted by atomic mass is 10.0. The summed E-state index contributed by atoms with van der Waals surface area (Å²) in [4.78, 5) is 27.4. The van der Waals surface area contributed by atoms with Crippen molar-refractivity contribution in [1.29, 1.82) is 0 Å². The number of fused-ring (bicyclic) bond motifs is 1. The van der Waals surface area contributed by atoms with E-state index in [0.29, 0.717) is 0 Å². The Morgan fingerprint density at radius 1 is 0.767 bits per heavy atom. The molecule has 3 aromatic rings. The van der Waals surface area contributed by atoms with Crippen LogP contribution in [0, 0.1) is 0 Å². The molecular formula is C23H25N3O4. The highest BCUT2D eigenvalue weighted by molar-refractivity contribution is 6.27. The lowest BCUT2D eigenvalue weighted by Crippen LogP contribution is -2.45. The van der Waals surface area contributed by atoms with Gasteiger partial charge in [-0.1, -0.05) is 42.5 Å². The number of benzene rings is 2. The number of piperazine rings is 1. The van der Waals surface area contributed by atoms with E-state index in [-0.39, 0.29) is 0 Å². The smallest absolute Gasteiger partial charge is 0.414 e. The first-order valence-electron chi connectivity index (χ1n) is 9.79. The number of rotatable bonds is 4. The number of aliphatic carboxylic acids is 2. The molecule has 0 amide bonds. The molecule has 1 aliphatic heterocycles. The van der Waals surface area contributed by atoms with Crippen LogP contribution in [0.1, 0.15) is 11.1 Å². The van der Waals surface area contributed by atoms with Crippen LogP contribution in [0.25, 0.3) is 10.8 Å². The van der Waals surface area contributed by atoms with Gasteiger partial charge >= 0.3 is 11.9 Å². The fourth-order valence-electron chi connectivity index (χ4n) is 3.52. The third-order valence-electron chi connectivity index (χ3n) is 5.08. The number of hydrogen-bond acceptors (Lipinski definition) is 5. The number of nitrogens with zero attached hydrogens (tertiary/aromatic N) is 3. The van der Waals surface area contributed by atoms with E-state index < -0.39 is 11.9 Å². The van der Waals surface area contributed by atoms with Crippen LogP contribution < -0.4 is 0 Å². The number of carbonyl (C=O) groups is 2. The molecule has 0 atom stereocenters. The first-order chi connectivity index (χ1) is 14.5. The fourth-order valence-corrected chi connectivity index (χ4v) is 3.52. The molecule has 1 saturated heterocycles. The third kappa shape index (κ3) is 6.10. The summed E-state index contributed by atoms with van der Waals surface area (Å²) in [5.74, 6) is -3.65. The fraction of sp³-hybridized carbons (Fsp3) is 0.261. The molecule has 30 heavy (non-hydrogen) atoms. The van der Waals surface area contributed by atoms with E-state index >= 15 is 0 Å². The van der Waals surface area contributed by atoms with Crippen molar-refractivity contribution in [3.05, 3.63) is 78.1 Å². The molecule has 7 nitrogen and oxygen atoms in total. The second-order valence-electron chi connectivity index (χ2n) is 7.16. The summed E-state index contributed by atoms with van der Waals surface area (Å²) in [6.45, 7) is 6.61. The van der Waals surface area contributed by atoms with Gasteiger partial charge in [-0.3, -0.25) is 14.8 Å². The Labute approximate surface area is 175 Å². The van der Waals surface area contributed by atoms with Gasteiger partial charge in [-0.15, -0.1) is 0 Å². The zero-order valence-electron chi connectivity index (χ0n) is 16.6. The zero-order valence-corrected chi connectivity index (χ0v) is 16.6. The summed E-state index contributed by atoms with van der Waals surface area (Å²) < 4.78 is 0. The highest BCUT2D eigenvalue weighted by Crippen LogP contribution is 2.20. The van der Waals surface area contributed by atoms with Crippen molar-refractivity contribution in [2.24, 2.45) is 0 Å². The van der Waals surface area contributed by atoms with Gasteiger partial charge in [-0.05, 0) is 34.0 Å². The van der Waals surface area contributed by atoms with E-state index in [1.54, 1.807) is 0 Å². The van der Waals surface area contributed by atoms with Crippen LogP contribution in [0.3, 0.4) is 0 Å². The van der Waals surface area contributed by atoms with Crippen molar-refractivity contribution in [3.8, 4) is 0 Å². The Morgan fingerprint density at radius 2 is 1.33 bits per heavy atom. The monoisotopic (exact) mass is 407 g/mol. The van der Waals surface area contributed by atoms with Crippen LogP contribution in [0.2, 0.25) is 0 Å². The SMILES string of the molecule is O=C(O)C(=O)O.c1ccc2c(CN3CCN(Cc4ccncc4)CC3)cccc2c1. The Bertz CT molecular complexity index is 969. The summed E-state index contributed by atoms with van der Waals surface area (Å²) in [5.41, 5.74) is 2.79. The van der Waals surface area contributed by atoms with E-state index in [1.165, 1.54) is 21.9 Å². The Morgan fingerprint density at radius 3 is 1.97 bits per heavy atom. The quantitative estimate of drug-likeness (QED) is 0.642. The number of aromatic nitrogens is 1. The van der Waals surface area contributed by atoms with Crippen molar-refractivity contribution in [1.82, 2.24) is 14.8 Å². The van der Waals surface area contributed by atoms with Gasteiger partial charge in [0.1, 0.15) is 0 Å². The summed E-state index contributed by atoms with van der Waals surface area (Å²) in [5, 5.41) is 17.5. The maximum atomic E-state index is 9.10. The minimum atomic E-state index is -1.82. The highest BCUT2D eigenvalue weighted by atomic mass is 16.4. The summed E-state index contributed by atoms with van der Waals surface area (Å²) in [7, 11) is 0. The average Bonchev–Trinajstić information content (AvgIpc) is 2.76. The maximum absolute atomic E-state index is 9.10. The van der Waals surface area contributed by atoms with Gasteiger partial charge in [0.05, 0.1) is 0 Å². The molecule has 2 heterocycles. The van der Waals surface area contributed by atoms with Gasteiger partial charge in [-0.25, -0.2) is 9.59 Å². The minimum Gasteiger partial charge on any atom is -0.473 e. The van der Waals surface area contributed by atoms with Crippen LogP contribution in [0.4, 0.5) is 0 Å². The predicted octanol–water partition coefficient (Wildman–Crippen LogP) is 2.71. The van der Waals surface area contributed by atoms with Crippen molar-refractivity contribution in [2.45, 2.75) is 13.1 Å². The molecular weight excluding hydrogens is 382 g/mol. The number of carboxylic acids is 2. The van der Waals surface area contributed by atoms with Gasteiger partial charge in [0.2, 0.25) is 0 Å². The molecule has 1 aliphatic rings. The topological polar surface area (TPSA) is 94.0 Å². The molecule has 1 aromatic heterocycles. The zero-order chi connectivity index (χ0) is 21.3. The van der Waals surface area contributed by atoms with E-state index in [9.17, 15) is 0 Å². The molecule has 2 N–H and O–H groups in total. The number of pyridine rings is 1. The second kappa shape index (κ2) is 10.5. The molecule has 0 saturated carbocycles.